The number of carbonyl (C=O) groups excluding carboxylic acids is 2. The molecule has 9 nitrogen and oxygen atoms in total. The standard InChI is InChI=1S/C24H24N2O7S/c1-4-31-19-12-15(6-11-18(19)33-14-21(27)32-5-2)13-20-22(28)26(3)24(34-20)25-17-9-7-16(8-10-17)23(29)30/h6-13H,4-5,14H2,1-3H3,(H,29,30)/b20-13-,25-24?. The molecule has 1 saturated heterocycles. The number of amides is 1. The van der Waals surface area contributed by atoms with Gasteiger partial charge < -0.3 is 19.3 Å². The van der Waals surface area contributed by atoms with Crippen molar-refractivity contribution in [3.8, 4) is 11.5 Å². The van der Waals surface area contributed by atoms with Gasteiger partial charge in [-0.05, 0) is 73.6 Å². The number of thioether (sulfide) groups is 1. The summed E-state index contributed by atoms with van der Waals surface area (Å²) in [6.45, 7) is 3.98. The molecular formula is C24H24N2O7S. The van der Waals surface area contributed by atoms with Crippen LogP contribution in [-0.4, -0.2) is 59.9 Å². The van der Waals surface area contributed by atoms with Crippen LogP contribution in [0.25, 0.3) is 6.08 Å². The first-order valence-corrected chi connectivity index (χ1v) is 11.3. The third-order valence-electron chi connectivity index (χ3n) is 4.56. The van der Waals surface area contributed by atoms with Gasteiger partial charge in [-0.3, -0.25) is 9.69 Å². The molecule has 1 heterocycles. The van der Waals surface area contributed by atoms with Crippen molar-refractivity contribution in [2.75, 3.05) is 26.9 Å². The van der Waals surface area contributed by atoms with Crippen molar-refractivity contribution in [3.63, 3.8) is 0 Å². The summed E-state index contributed by atoms with van der Waals surface area (Å²) in [6, 6.07) is 11.2. The Bertz CT molecular complexity index is 1140. The van der Waals surface area contributed by atoms with E-state index >= 15 is 0 Å². The largest absolute Gasteiger partial charge is 0.490 e. The zero-order valence-corrected chi connectivity index (χ0v) is 19.8. The molecule has 1 fully saturated rings. The number of likely N-dealkylation sites (N-methyl/N-ethyl adjacent to an activating group) is 1. The molecule has 34 heavy (non-hydrogen) atoms. The molecule has 10 heteroatoms. The van der Waals surface area contributed by atoms with E-state index in [0.717, 1.165) is 0 Å². The number of rotatable bonds is 9. The molecule has 0 unspecified atom stereocenters. The lowest BCUT2D eigenvalue weighted by Gasteiger charge is -2.12. The number of hydrogen-bond donors (Lipinski definition) is 1. The third-order valence-corrected chi connectivity index (χ3v) is 5.62. The molecule has 0 radical (unpaired) electrons. The molecule has 0 atom stereocenters. The highest BCUT2D eigenvalue weighted by Crippen LogP contribution is 2.35. The fraction of sp³-hybridized carbons (Fsp3) is 0.250. The quantitative estimate of drug-likeness (QED) is 0.420. The highest BCUT2D eigenvalue weighted by Gasteiger charge is 2.30. The Labute approximate surface area is 201 Å². The number of hydrogen-bond acceptors (Lipinski definition) is 8. The summed E-state index contributed by atoms with van der Waals surface area (Å²) in [5.41, 5.74) is 1.41. The summed E-state index contributed by atoms with van der Waals surface area (Å²) in [7, 11) is 1.62. The zero-order valence-electron chi connectivity index (χ0n) is 18.9. The number of aliphatic imine (C=N–C) groups is 1. The maximum absolute atomic E-state index is 12.7. The average molecular weight is 485 g/mol. The van der Waals surface area contributed by atoms with Gasteiger partial charge in [-0.15, -0.1) is 0 Å². The van der Waals surface area contributed by atoms with Crippen LogP contribution in [0.4, 0.5) is 5.69 Å². The molecule has 1 N–H and O–H groups in total. The molecule has 0 bridgehead atoms. The minimum absolute atomic E-state index is 0.160. The van der Waals surface area contributed by atoms with E-state index in [-0.39, 0.29) is 24.7 Å². The van der Waals surface area contributed by atoms with Crippen LogP contribution in [0, 0.1) is 0 Å². The maximum atomic E-state index is 12.7. The number of esters is 1. The number of carboxylic acids is 1. The van der Waals surface area contributed by atoms with E-state index < -0.39 is 11.9 Å². The van der Waals surface area contributed by atoms with Gasteiger partial charge in [-0.25, -0.2) is 14.6 Å². The zero-order chi connectivity index (χ0) is 24.7. The molecule has 1 amide bonds. The molecule has 2 aromatic rings. The first kappa shape index (κ1) is 24.8. The normalized spacial score (nSPS) is 15.6. The number of amidine groups is 1. The second kappa shape index (κ2) is 11.4. The van der Waals surface area contributed by atoms with Crippen LogP contribution >= 0.6 is 11.8 Å². The molecule has 0 spiro atoms. The van der Waals surface area contributed by atoms with Gasteiger partial charge in [-0.1, -0.05) is 6.07 Å². The topological polar surface area (TPSA) is 115 Å². The Morgan fingerprint density at radius 3 is 2.44 bits per heavy atom. The van der Waals surface area contributed by atoms with Crippen molar-refractivity contribution in [2.45, 2.75) is 13.8 Å². The van der Waals surface area contributed by atoms with Crippen LogP contribution in [0.1, 0.15) is 29.8 Å². The summed E-state index contributed by atoms with van der Waals surface area (Å²) in [4.78, 5) is 41.7. The van der Waals surface area contributed by atoms with E-state index in [9.17, 15) is 14.4 Å². The molecule has 0 aromatic heterocycles. The van der Waals surface area contributed by atoms with Crippen LogP contribution in [0.15, 0.2) is 52.4 Å². The summed E-state index contributed by atoms with van der Waals surface area (Å²) in [5, 5.41) is 9.49. The van der Waals surface area contributed by atoms with Gasteiger partial charge in [0.1, 0.15) is 0 Å². The van der Waals surface area contributed by atoms with Crippen molar-refractivity contribution in [1.29, 1.82) is 0 Å². The number of aromatic carboxylic acids is 1. The number of benzene rings is 2. The first-order valence-electron chi connectivity index (χ1n) is 10.5. The number of carbonyl (C=O) groups is 3. The predicted molar refractivity (Wildman–Crippen MR) is 129 cm³/mol. The molecule has 178 valence electrons. The van der Waals surface area contributed by atoms with Crippen molar-refractivity contribution in [2.24, 2.45) is 4.99 Å². The van der Waals surface area contributed by atoms with Gasteiger partial charge in [-0.2, -0.15) is 0 Å². The minimum atomic E-state index is -1.02. The van der Waals surface area contributed by atoms with E-state index in [4.69, 9.17) is 19.3 Å². The van der Waals surface area contributed by atoms with Gasteiger partial charge in [0, 0.05) is 7.05 Å². The van der Waals surface area contributed by atoms with E-state index in [1.807, 2.05) is 6.92 Å². The van der Waals surface area contributed by atoms with E-state index in [1.54, 1.807) is 50.4 Å². The molecule has 0 aliphatic carbocycles. The molecule has 0 saturated carbocycles. The Morgan fingerprint density at radius 1 is 1.06 bits per heavy atom. The minimum Gasteiger partial charge on any atom is -0.490 e. The first-order chi connectivity index (χ1) is 16.3. The van der Waals surface area contributed by atoms with E-state index in [2.05, 4.69) is 4.99 Å². The number of ether oxygens (including phenoxy) is 3. The summed E-state index contributed by atoms with van der Waals surface area (Å²) in [6.07, 6.45) is 1.72. The van der Waals surface area contributed by atoms with Crippen molar-refractivity contribution >= 4 is 46.5 Å². The number of carboxylic acid groups (broad SMARTS) is 1. The molecule has 1 aliphatic rings. The Hall–Kier alpha value is -3.79. The van der Waals surface area contributed by atoms with Crippen LogP contribution in [-0.2, 0) is 14.3 Å². The van der Waals surface area contributed by atoms with Gasteiger partial charge >= 0.3 is 11.9 Å². The fourth-order valence-electron chi connectivity index (χ4n) is 2.93. The SMILES string of the molecule is CCOC(=O)COc1ccc(/C=C2\SC(=Nc3ccc(C(=O)O)cc3)N(C)C2=O)cc1OCC. The predicted octanol–water partition coefficient (Wildman–Crippen LogP) is 3.96. The highest BCUT2D eigenvalue weighted by atomic mass is 32.2. The highest BCUT2D eigenvalue weighted by molar-refractivity contribution is 8.18. The lowest BCUT2D eigenvalue weighted by Crippen LogP contribution is -2.23. The Kier molecular flexibility index (Phi) is 8.31. The van der Waals surface area contributed by atoms with E-state index in [1.165, 1.54) is 28.8 Å². The summed E-state index contributed by atoms with van der Waals surface area (Å²) >= 11 is 1.21. The van der Waals surface area contributed by atoms with Crippen LogP contribution in [0.3, 0.4) is 0 Å². The van der Waals surface area contributed by atoms with Crippen molar-refractivity contribution < 1.29 is 33.7 Å². The molecular weight excluding hydrogens is 460 g/mol. The van der Waals surface area contributed by atoms with E-state index in [0.29, 0.717) is 39.4 Å². The third kappa shape index (κ3) is 6.16. The van der Waals surface area contributed by atoms with Gasteiger partial charge in [0.2, 0.25) is 0 Å². The smallest absolute Gasteiger partial charge is 0.344 e. The van der Waals surface area contributed by atoms with Crippen molar-refractivity contribution in [1.82, 2.24) is 4.90 Å². The summed E-state index contributed by atoms with van der Waals surface area (Å²) < 4.78 is 16.0. The molecule has 3 rings (SSSR count). The van der Waals surface area contributed by atoms with Crippen LogP contribution in [0.2, 0.25) is 0 Å². The summed E-state index contributed by atoms with van der Waals surface area (Å²) in [5.74, 6) is -0.872. The molecule has 2 aromatic carbocycles. The monoisotopic (exact) mass is 484 g/mol. The second-order valence-corrected chi connectivity index (χ2v) is 7.96. The van der Waals surface area contributed by atoms with Gasteiger partial charge in [0.25, 0.3) is 5.91 Å². The van der Waals surface area contributed by atoms with Gasteiger partial charge in [0.15, 0.2) is 23.3 Å². The lowest BCUT2D eigenvalue weighted by molar-refractivity contribution is -0.145. The Balaban J connectivity index is 1.80. The van der Waals surface area contributed by atoms with Crippen LogP contribution < -0.4 is 9.47 Å². The van der Waals surface area contributed by atoms with Crippen molar-refractivity contribution in [3.05, 3.63) is 58.5 Å². The Morgan fingerprint density at radius 2 is 1.79 bits per heavy atom. The van der Waals surface area contributed by atoms with Crippen LogP contribution in [0.5, 0.6) is 11.5 Å². The fourth-order valence-corrected chi connectivity index (χ4v) is 3.92. The second-order valence-electron chi connectivity index (χ2n) is 6.95. The lowest BCUT2D eigenvalue weighted by atomic mass is 10.2. The molecule has 1 aliphatic heterocycles. The number of nitrogens with zero attached hydrogens (tertiary/aromatic N) is 2. The van der Waals surface area contributed by atoms with Gasteiger partial charge in [0.05, 0.1) is 29.4 Å². The maximum Gasteiger partial charge on any atom is 0.344 e. The average Bonchev–Trinajstić information content (AvgIpc) is 3.07.